The molecule has 0 saturated heterocycles. The zero-order valence-electron chi connectivity index (χ0n) is 11.8. The summed E-state index contributed by atoms with van der Waals surface area (Å²) in [5, 5.41) is 0. The fraction of sp³-hybridized carbons (Fsp3) is 0.0667. The van der Waals surface area contributed by atoms with Gasteiger partial charge in [0.15, 0.2) is 0 Å². The number of nitrogens with one attached hydrogen (secondary N) is 2. The van der Waals surface area contributed by atoms with Gasteiger partial charge in [0.25, 0.3) is 0 Å². The van der Waals surface area contributed by atoms with E-state index >= 15 is 0 Å². The van der Waals surface area contributed by atoms with Crippen molar-refractivity contribution in [2.45, 2.75) is 11.4 Å². The van der Waals surface area contributed by atoms with Crippen molar-refractivity contribution in [3.8, 4) is 0 Å². The van der Waals surface area contributed by atoms with Crippen molar-refractivity contribution in [3.63, 3.8) is 0 Å². The first-order valence-corrected chi connectivity index (χ1v) is 8.04. The van der Waals surface area contributed by atoms with Crippen LogP contribution in [0, 0.1) is 0 Å². The van der Waals surface area contributed by atoms with E-state index in [1.165, 1.54) is 0 Å². The molecule has 0 aliphatic carbocycles. The molecule has 0 aliphatic rings. The van der Waals surface area contributed by atoms with E-state index in [4.69, 9.17) is 0 Å². The van der Waals surface area contributed by atoms with Gasteiger partial charge in [0.1, 0.15) is 0 Å². The van der Waals surface area contributed by atoms with Gasteiger partial charge in [-0.15, -0.1) is 0 Å². The van der Waals surface area contributed by atoms with E-state index in [1.807, 2.05) is 6.07 Å². The lowest BCUT2D eigenvalue weighted by atomic mass is 10.4. The Balaban J connectivity index is 0.000000299. The molecule has 0 amide bonds. The van der Waals surface area contributed by atoms with E-state index in [-0.39, 0.29) is 11.4 Å². The van der Waals surface area contributed by atoms with Crippen molar-refractivity contribution >= 4 is 10.0 Å². The molecule has 2 N–H and O–H groups in total. The van der Waals surface area contributed by atoms with Crippen LogP contribution in [0.2, 0.25) is 0 Å². The lowest BCUT2D eigenvalue weighted by molar-refractivity contribution is 0.580. The van der Waals surface area contributed by atoms with Crippen LogP contribution in [0.1, 0.15) is 5.69 Å². The molecule has 1 aromatic carbocycles. The van der Waals surface area contributed by atoms with Gasteiger partial charge >= 0.3 is 0 Å². The lowest BCUT2D eigenvalue weighted by Crippen LogP contribution is -2.23. The summed E-state index contributed by atoms with van der Waals surface area (Å²) < 4.78 is 26.2. The summed E-state index contributed by atoms with van der Waals surface area (Å²) >= 11 is 0. The summed E-state index contributed by atoms with van der Waals surface area (Å²) in [6, 6.07) is 13.6. The topological polar surface area (TPSA) is 87.7 Å². The summed E-state index contributed by atoms with van der Waals surface area (Å²) in [6.07, 6.45) is 6.71. The van der Waals surface area contributed by atoms with Crippen LogP contribution in [-0.4, -0.2) is 23.4 Å². The second-order valence-electron chi connectivity index (χ2n) is 4.22. The highest BCUT2D eigenvalue weighted by Crippen LogP contribution is 2.07. The van der Waals surface area contributed by atoms with Crippen LogP contribution in [0.4, 0.5) is 0 Å². The van der Waals surface area contributed by atoms with E-state index in [2.05, 4.69) is 19.7 Å². The highest BCUT2D eigenvalue weighted by atomic mass is 32.2. The number of rotatable bonds is 4. The van der Waals surface area contributed by atoms with Gasteiger partial charge in [-0.1, -0.05) is 24.3 Å². The van der Waals surface area contributed by atoms with Gasteiger partial charge in [0.2, 0.25) is 10.0 Å². The van der Waals surface area contributed by atoms with Crippen LogP contribution >= 0.6 is 0 Å². The minimum atomic E-state index is -3.45. The van der Waals surface area contributed by atoms with Crippen LogP contribution < -0.4 is 4.72 Å². The van der Waals surface area contributed by atoms with Gasteiger partial charge in [-0.2, -0.15) is 0 Å². The molecule has 2 aromatic heterocycles. The molecule has 0 aliphatic heterocycles. The van der Waals surface area contributed by atoms with E-state index in [0.717, 1.165) is 0 Å². The average Bonchev–Trinajstić information content (AvgIpc) is 3.15. The third kappa shape index (κ3) is 5.12. The molecule has 7 heteroatoms. The maximum Gasteiger partial charge on any atom is 0.240 e. The van der Waals surface area contributed by atoms with Crippen molar-refractivity contribution < 1.29 is 8.42 Å². The monoisotopic (exact) mass is 316 g/mol. The number of H-pyrrole nitrogens is 1. The predicted molar refractivity (Wildman–Crippen MR) is 83.3 cm³/mol. The molecule has 3 aromatic rings. The summed E-state index contributed by atoms with van der Waals surface area (Å²) in [5.74, 6) is 0. The van der Waals surface area contributed by atoms with Crippen LogP contribution in [0.3, 0.4) is 0 Å². The molecular formula is C15H16N4O2S. The quantitative estimate of drug-likeness (QED) is 0.770. The van der Waals surface area contributed by atoms with Crippen molar-refractivity contribution in [3.05, 3.63) is 79.1 Å². The Bertz CT molecular complexity index is 728. The van der Waals surface area contributed by atoms with Gasteiger partial charge in [-0.25, -0.2) is 18.1 Å². The number of benzene rings is 1. The first kappa shape index (κ1) is 15.9. The standard InChI is InChI=1S/C12H12N2O2S.C3H4N2/c15-17(16,12-7-2-1-3-8-12)14-10-11-6-4-5-9-13-11;1-2-5-3-4-1/h1-9,14H,10H2;1-3H,(H,4,5). The van der Waals surface area contributed by atoms with Crippen LogP contribution in [-0.2, 0) is 16.6 Å². The second-order valence-corrected chi connectivity index (χ2v) is 5.99. The molecule has 0 fully saturated rings. The van der Waals surface area contributed by atoms with E-state index in [0.29, 0.717) is 5.69 Å². The zero-order valence-corrected chi connectivity index (χ0v) is 12.6. The maximum absolute atomic E-state index is 11.9. The number of hydrogen-bond donors (Lipinski definition) is 2. The molecule has 0 spiro atoms. The predicted octanol–water partition coefficient (Wildman–Crippen LogP) is 1.97. The number of pyridine rings is 1. The number of imidazole rings is 1. The molecule has 114 valence electrons. The number of hydrogen-bond acceptors (Lipinski definition) is 4. The smallest absolute Gasteiger partial charge is 0.240 e. The van der Waals surface area contributed by atoms with E-state index in [1.54, 1.807) is 67.4 Å². The highest BCUT2D eigenvalue weighted by Gasteiger charge is 2.12. The highest BCUT2D eigenvalue weighted by molar-refractivity contribution is 7.89. The molecule has 0 atom stereocenters. The molecule has 6 nitrogen and oxygen atoms in total. The molecule has 2 heterocycles. The Morgan fingerprint density at radius 2 is 1.77 bits per heavy atom. The molecule has 0 saturated carbocycles. The Hall–Kier alpha value is -2.51. The van der Waals surface area contributed by atoms with Crippen LogP contribution in [0.15, 0.2) is 78.3 Å². The Morgan fingerprint density at radius 3 is 2.32 bits per heavy atom. The molecular weight excluding hydrogens is 300 g/mol. The van der Waals surface area contributed by atoms with Gasteiger partial charge in [0, 0.05) is 18.6 Å². The molecule has 0 bridgehead atoms. The van der Waals surface area contributed by atoms with Crippen molar-refractivity contribution in [1.82, 2.24) is 19.7 Å². The van der Waals surface area contributed by atoms with E-state index in [9.17, 15) is 8.42 Å². The summed E-state index contributed by atoms with van der Waals surface area (Å²) in [7, 11) is -3.45. The minimum absolute atomic E-state index is 0.193. The largest absolute Gasteiger partial charge is 0.351 e. The Morgan fingerprint density at radius 1 is 1.00 bits per heavy atom. The maximum atomic E-state index is 11.9. The van der Waals surface area contributed by atoms with Gasteiger partial charge in [-0.05, 0) is 24.3 Å². The summed E-state index contributed by atoms with van der Waals surface area (Å²) in [4.78, 5) is 10.7. The third-order valence-corrected chi connectivity index (χ3v) is 4.05. The number of sulfonamides is 1. The van der Waals surface area contributed by atoms with Crippen molar-refractivity contribution in [1.29, 1.82) is 0 Å². The second kappa shape index (κ2) is 8.06. The van der Waals surface area contributed by atoms with Crippen LogP contribution in [0.25, 0.3) is 0 Å². The fourth-order valence-electron chi connectivity index (χ4n) is 1.57. The van der Waals surface area contributed by atoms with Gasteiger partial charge in [-0.3, -0.25) is 4.98 Å². The first-order chi connectivity index (χ1) is 10.7. The van der Waals surface area contributed by atoms with Crippen LogP contribution in [0.5, 0.6) is 0 Å². The fourth-order valence-corrected chi connectivity index (χ4v) is 2.59. The Labute approximate surface area is 129 Å². The van der Waals surface area contributed by atoms with E-state index < -0.39 is 10.0 Å². The average molecular weight is 316 g/mol. The number of nitrogens with zero attached hydrogens (tertiary/aromatic N) is 2. The zero-order chi connectivity index (χ0) is 15.7. The normalized spacial score (nSPS) is 10.5. The van der Waals surface area contributed by atoms with Gasteiger partial charge < -0.3 is 4.98 Å². The third-order valence-electron chi connectivity index (χ3n) is 2.63. The first-order valence-electron chi connectivity index (χ1n) is 6.56. The lowest BCUT2D eigenvalue weighted by Gasteiger charge is -2.05. The summed E-state index contributed by atoms with van der Waals surface area (Å²) in [5.41, 5.74) is 0.687. The molecule has 22 heavy (non-hydrogen) atoms. The molecule has 0 radical (unpaired) electrons. The SMILES string of the molecule is O=S(=O)(NCc1ccccn1)c1ccccc1.c1c[nH]cn1. The number of aromatic amines is 1. The minimum Gasteiger partial charge on any atom is -0.351 e. The molecule has 0 unspecified atom stereocenters. The summed E-state index contributed by atoms with van der Waals surface area (Å²) in [6.45, 7) is 0.193. The van der Waals surface area contributed by atoms with Crippen molar-refractivity contribution in [2.24, 2.45) is 0 Å². The molecule has 3 rings (SSSR count). The van der Waals surface area contributed by atoms with Gasteiger partial charge in [0.05, 0.1) is 23.5 Å². The Kier molecular flexibility index (Phi) is 5.81. The number of aromatic nitrogens is 3. The van der Waals surface area contributed by atoms with Crippen molar-refractivity contribution in [2.75, 3.05) is 0 Å².